The Hall–Kier alpha value is -4.20. The van der Waals surface area contributed by atoms with Crippen molar-refractivity contribution in [1.29, 1.82) is 0 Å². The molecule has 3 rings (SSSR count). The van der Waals surface area contributed by atoms with E-state index in [2.05, 4.69) is 78.5 Å². The Morgan fingerprint density at radius 1 is 0.976 bits per heavy atom. The minimum absolute atomic E-state index is 0.0545. The highest BCUT2D eigenvalue weighted by atomic mass is 16.3. The Bertz CT molecular complexity index is 1300. The van der Waals surface area contributed by atoms with Crippen molar-refractivity contribution in [3.05, 3.63) is 120 Å². The summed E-state index contributed by atoms with van der Waals surface area (Å²) in [5.74, 6) is -0.317. The van der Waals surface area contributed by atoms with Crippen molar-refractivity contribution in [2.45, 2.75) is 53.3 Å². The van der Waals surface area contributed by atoms with Crippen LogP contribution in [-0.2, 0) is 22.7 Å². The molecule has 226 valence electrons. The molecule has 0 spiro atoms. The van der Waals surface area contributed by atoms with Gasteiger partial charge in [0.05, 0.1) is 12.3 Å². The van der Waals surface area contributed by atoms with E-state index < -0.39 is 0 Å². The number of hydrogen-bond donors (Lipinski definition) is 4. The molecule has 0 aliphatic rings. The molecule has 0 fully saturated rings. The molecule has 0 aliphatic heterocycles. The fourth-order valence-corrected chi connectivity index (χ4v) is 4.00. The Morgan fingerprint density at radius 2 is 1.62 bits per heavy atom. The highest BCUT2D eigenvalue weighted by Crippen LogP contribution is 2.23. The zero-order chi connectivity index (χ0) is 31.3. The number of carbonyl (C=O) groups is 2. The first-order valence-corrected chi connectivity index (χ1v) is 14.5. The van der Waals surface area contributed by atoms with Crippen LogP contribution in [0.1, 0.15) is 56.8 Å². The van der Waals surface area contributed by atoms with E-state index in [1.54, 1.807) is 12.2 Å². The second-order valence-electron chi connectivity index (χ2n) is 9.24. The molecule has 0 radical (unpaired) electrons. The molecule has 0 heterocycles. The second kappa shape index (κ2) is 20.6. The van der Waals surface area contributed by atoms with Gasteiger partial charge in [-0.3, -0.25) is 9.59 Å². The summed E-state index contributed by atoms with van der Waals surface area (Å²) in [7, 11) is 1.99. The average Bonchev–Trinajstić information content (AvgIpc) is 3.04. The van der Waals surface area contributed by atoms with Crippen LogP contribution in [0.5, 0.6) is 0 Å². The number of allylic oxidation sites excluding steroid dienone is 1. The number of carbonyl (C=O) groups excluding carboxylic acids is 2. The fourth-order valence-electron chi connectivity index (χ4n) is 4.00. The summed E-state index contributed by atoms with van der Waals surface area (Å²) in [5, 5.41) is 20.9. The molecule has 42 heavy (non-hydrogen) atoms. The Morgan fingerprint density at radius 3 is 2.26 bits per heavy atom. The third-order valence-electron chi connectivity index (χ3n) is 6.43. The molecule has 2 amide bonds. The first kappa shape index (κ1) is 35.8. The van der Waals surface area contributed by atoms with Gasteiger partial charge in [0.15, 0.2) is 0 Å². The highest BCUT2D eigenvalue weighted by Gasteiger charge is 2.08. The number of aliphatic hydroxyl groups excluding tert-OH is 1. The van der Waals surface area contributed by atoms with E-state index in [4.69, 9.17) is 0 Å². The number of rotatable bonds is 14. The predicted molar refractivity (Wildman–Crippen MR) is 175 cm³/mol. The van der Waals surface area contributed by atoms with Crippen LogP contribution in [0.15, 0.2) is 103 Å². The quantitative estimate of drug-likeness (QED) is 0.108. The summed E-state index contributed by atoms with van der Waals surface area (Å²) in [6.07, 6.45) is 5.00. The van der Waals surface area contributed by atoms with Crippen molar-refractivity contribution in [3.8, 4) is 0 Å². The fraction of sp³-hybridized carbons (Fsp3) is 0.314. The van der Waals surface area contributed by atoms with Crippen LogP contribution in [0.2, 0.25) is 0 Å². The zero-order valence-corrected chi connectivity index (χ0v) is 25.8. The lowest BCUT2D eigenvalue weighted by molar-refractivity contribution is -0.118. The van der Waals surface area contributed by atoms with Crippen molar-refractivity contribution in [2.75, 3.05) is 20.1 Å². The van der Waals surface area contributed by atoms with Gasteiger partial charge in [-0.05, 0) is 53.9 Å². The molecule has 0 aromatic heterocycles. The first-order chi connectivity index (χ1) is 20.4. The summed E-state index contributed by atoms with van der Waals surface area (Å²) in [6.45, 7) is 17.0. The third kappa shape index (κ3) is 11.7. The SMILES string of the molecule is C=C(NCc1ccccc1CO)C(=O)NC/C=C/C(=C)N(C=O)CCC.CC.CNC(C)c1cccc2ccccc12. The molecular weight excluding hydrogens is 524 g/mol. The van der Waals surface area contributed by atoms with Crippen LogP contribution in [-0.4, -0.2) is 42.5 Å². The van der Waals surface area contributed by atoms with Crippen molar-refractivity contribution in [3.63, 3.8) is 0 Å². The van der Waals surface area contributed by atoms with Gasteiger partial charge >= 0.3 is 0 Å². The Labute approximate surface area is 252 Å². The summed E-state index contributed by atoms with van der Waals surface area (Å²) in [4.78, 5) is 24.4. The molecule has 7 heteroatoms. The van der Waals surface area contributed by atoms with Gasteiger partial charge in [0, 0.05) is 31.4 Å². The monoisotopic (exact) mass is 572 g/mol. The topological polar surface area (TPSA) is 93.7 Å². The minimum atomic E-state index is -0.317. The lowest BCUT2D eigenvalue weighted by Gasteiger charge is -2.16. The largest absolute Gasteiger partial charge is 0.392 e. The maximum absolute atomic E-state index is 12.0. The molecule has 0 saturated carbocycles. The predicted octanol–water partition coefficient (Wildman–Crippen LogP) is 5.98. The van der Waals surface area contributed by atoms with Gasteiger partial charge in [-0.1, -0.05) is 107 Å². The number of fused-ring (bicyclic) bond motifs is 1. The van der Waals surface area contributed by atoms with Crippen LogP contribution >= 0.6 is 0 Å². The molecule has 3 aromatic carbocycles. The second-order valence-corrected chi connectivity index (χ2v) is 9.24. The van der Waals surface area contributed by atoms with Crippen molar-refractivity contribution >= 4 is 23.1 Å². The van der Waals surface area contributed by atoms with Crippen LogP contribution in [0.4, 0.5) is 0 Å². The molecule has 0 saturated heterocycles. The maximum atomic E-state index is 12.0. The number of amides is 2. The normalized spacial score (nSPS) is 10.9. The number of nitrogens with zero attached hydrogens (tertiary/aromatic N) is 1. The maximum Gasteiger partial charge on any atom is 0.266 e. The van der Waals surface area contributed by atoms with E-state index in [-0.39, 0.29) is 18.2 Å². The summed E-state index contributed by atoms with van der Waals surface area (Å²) < 4.78 is 0. The molecule has 3 aromatic rings. The van der Waals surface area contributed by atoms with Crippen molar-refractivity contribution < 1.29 is 14.7 Å². The number of nitrogens with one attached hydrogen (secondary N) is 3. The molecule has 7 nitrogen and oxygen atoms in total. The van der Waals surface area contributed by atoms with Gasteiger partial charge < -0.3 is 26.0 Å². The van der Waals surface area contributed by atoms with Gasteiger partial charge in [0.25, 0.3) is 5.91 Å². The molecular formula is C35H48N4O3. The van der Waals surface area contributed by atoms with Crippen LogP contribution in [0, 0.1) is 0 Å². The van der Waals surface area contributed by atoms with Gasteiger partial charge in [0.1, 0.15) is 0 Å². The zero-order valence-electron chi connectivity index (χ0n) is 25.8. The molecule has 0 aliphatic carbocycles. The minimum Gasteiger partial charge on any atom is -0.392 e. The van der Waals surface area contributed by atoms with E-state index >= 15 is 0 Å². The van der Waals surface area contributed by atoms with Gasteiger partial charge in [0.2, 0.25) is 6.41 Å². The number of benzene rings is 3. The molecule has 1 unspecified atom stereocenters. The lowest BCUT2D eigenvalue weighted by Crippen LogP contribution is -2.31. The Kier molecular flexibility index (Phi) is 17.6. The standard InChI is InChI=1S/C20H27N3O3.C13H15N.C2H6/c1-4-12-23(15-25)16(2)8-7-11-21-20(26)17(3)22-13-18-9-5-6-10-19(18)14-24;1-10(14-2)12-9-5-7-11-6-3-4-8-13(11)12;1-2/h5-10,15,22,24H,2-4,11-14H2,1H3,(H,21,26);3-10,14H,1-2H3;1-2H3/b8-7+;;. The van der Waals surface area contributed by atoms with E-state index in [0.717, 1.165) is 24.0 Å². The molecule has 1 atom stereocenters. The molecule has 4 N–H and O–H groups in total. The van der Waals surface area contributed by atoms with Gasteiger partial charge in [-0.2, -0.15) is 0 Å². The highest BCUT2D eigenvalue weighted by molar-refractivity contribution is 5.92. The van der Waals surface area contributed by atoms with Crippen LogP contribution in [0.3, 0.4) is 0 Å². The Balaban J connectivity index is 0.000000459. The average molecular weight is 573 g/mol. The summed E-state index contributed by atoms with van der Waals surface area (Å²) in [6, 6.07) is 22.8. The van der Waals surface area contributed by atoms with Crippen LogP contribution < -0.4 is 16.0 Å². The van der Waals surface area contributed by atoms with Crippen molar-refractivity contribution in [1.82, 2.24) is 20.9 Å². The van der Waals surface area contributed by atoms with Crippen LogP contribution in [0.25, 0.3) is 10.8 Å². The smallest absolute Gasteiger partial charge is 0.266 e. The van der Waals surface area contributed by atoms with E-state index in [1.807, 2.05) is 52.1 Å². The van der Waals surface area contributed by atoms with Gasteiger partial charge in [-0.25, -0.2) is 0 Å². The third-order valence-corrected chi connectivity index (χ3v) is 6.43. The van der Waals surface area contributed by atoms with E-state index in [9.17, 15) is 14.7 Å². The summed E-state index contributed by atoms with van der Waals surface area (Å²) in [5.41, 5.74) is 3.90. The first-order valence-electron chi connectivity index (χ1n) is 14.5. The molecule has 0 bridgehead atoms. The summed E-state index contributed by atoms with van der Waals surface area (Å²) >= 11 is 0. The van der Waals surface area contributed by atoms with Crippen molar-refractivity contribution in [2.24, 2.45) is 0 Å². The van der Waals surface area contributed by atoms with E-state index in [1.165, 1.54) is 21.2 Å². The number of aliphatic hydroxyl groups is 1. The van der Waals surface area contributed by atoms with Gasteiger partial charge in [-0.15, -0.1) is 0 Å². The lowest BCUT2D eigenvalue weighted by atomic mass is 10.00. The number of hydrogen-bond acceptors (Lipinski definition) is 5. The van der Waals surface area contributed by atoms with E-state index in [0.29, 0.717) is 31.4 Å².